The molecule has 0 aromatic heterocycles. The van der Waals surface area contributed by atoms with Crippen LogP contribution in [-0.2, 0) is 9.53 Å². The van der Waals surface area contributed by atoms with Crippen LogP contribution in [0.3, 0.4) is 0 Å². The minimum absolute atomic E-state index is 0. The third kappa shape index (κ3) is 5.28. The van der Waals surface area contributed by atoms with Gasteiger partial charge in [-0.05, 0) is 20.8 Å². The van der Waals surface area contributed by atoms with E-state index < -0.39 is 35.9 Å². The first-order valence-electron chi connectivity index (χ1n) is 7.33. The van der Waals surface area contributed by atoms with Gasteiger partial charge in [0.05, 0.1) is 6.10 Å². The van der Waals surface area contributed by atoms with Gasteiger partial charge in [-0.25, -0.2) is 0 Å². The number of rotatable bonds is 3. The molecule has 0 radical (unpaired) electrons. The molecule has 0 bridgehead atoms. The molecule has 5 unspecified atom stereocenters. The van der Waals surface area contributed by atoms with E-state index in [0.29, 0.717) is 0 Å². The number of aliphatic hydroxyl groups excluding tert-OH is 3. The summed E-state index contributed by atoms with van der Waals surface area (Å²) in [6.07, 6.45) is -5.94. The number of Topliss-reactive ketones (excluding diaryl/α,β-unsaturated/α-hetero) is 1. The van der Waals surface area contributed by atoms with Gasteiger partial charge >= 0.3 is 0 Å². The third-order valence-electron chi connectivity index (χ3n) is 3.54. The number of ketones is 1. The molecule has 0 aliphatic carbocycles. The van der Waals surface area contributed by atoms with Crippen LogP contribution in [0.1, 0.15) is 49.0 Å². The zero-order chi connectivity index (χ0) is 16.6. The number of hydrogen-bond donors (Lipinski definition) is 4. The SMILES string of the molecule is C.CC(C)(C)NCC1OC(C(=O)C(C)(C)C)C(O)C(O)C1O. The van der Waals surface area contributed by atoms with Gasteiger partial charge in [-0.3, -0.25) is 4.79 Å². The smallest absolute Gasteiger partial charge is 0.169 e. The molecular weight excluding hydrogens is 286 g/mol. The lowest BCUT2D eigenvalue weighted by Crippen LogP contribution is -2.63. The highest BCUT2D eigenvalue weighted by Gasteiger charge is 2.48. The Morgan fingerprint density at radius 2 is 1.50 bits per heavy atom. The van der Waals surface area contributed by atoms with Crippen LogP contribution in [0.4, 0.5) is 0 Å². The highest BCUT2D eigenvalue weighted by atomic mass is 16.5. The van der Waals surface area contributed by atoms with E-state index in [9.17, 15) is 20.1 Å². The maximum absolute atomic E-state index is 12.3. The quantitative estimate of drug-likeness (QED) is 0.604. The largest absolute Gasteiger partial charge is 0.388 e. The van der Waals surface area contributed by atoms with E-state index in [2.05, 4.69) is 5.32 Å². The lowest BCUT2D eigenvalue weighted by Gasteiger charge is -2.42. The summed E-state index contributed by atoms with van der Waals surface area (Å²) in [5.41, 5.74) is -0.886. The minimum atomic E-state index is -1.42. The summed E-state index contributed by atoms with van der Waals surface area (Å²) >= 11 is 0. The molecule has 1 rings (SSSR count). The van der Waals surface area contributed by atoms with Crippen molar-refractivity contribution in [3.05, 3.63) is 0 Å². The number of hydrogen-bond acceptors (Lipinski definition) is 6. The molecule has 0 saturated carbocycles. The molecule has 0 spiro atoms. The number of nitrogens with one attached hydrogen (secondary N) is 1. The summed E-state index contributed by atoms with van der Waals surface area (Å²) in [6.45, 7) is 11.4. The molecule has 5 atom stereocenters. The Labute approximate surface area is 133 Å². The van der Waals surface area contributed by atoms with Crippen LogP contribution in [-0.4, -0.2) is 63.7 Å². The first-order chi connectivity index (χ1) is 9.34. The van der Waals surface area contributed by atoms with Crippen molar-refractivity contribution >= 4 is 5.78 Å². The van der Waals surface area contributed by atoms with E-state index in [-0.39, 0.29) is 25.3 Å². The van der Waals surface area contributed by atoms with Crippen molar-refractivity contribution in [2.75, 3.05) is 6.54 Å². The van der Waals surface area contributed by atoms with Crippen molar-refractivity contribution in [3.8, 4) is 0 Å². The topological polar surface area (TPSA) is 99.0 Å². The molecular formula is C16H33NO5. The van der Waals surface area contributed by atoms with Gasteiger partial charge in [0.25, 0.3) is 0 Å². The summed E-state index contributed by atoms with van der Waals surface area (Å²) in [4.78, 5) is 12.3. The van der Waals surface area contributed by atoms with Gasteiger partial charge in [-0.15, -0.1) is 0 Å². The van der Waals surface area contributed by atoms with Crippen LogP contribution in [0.15, 0.2) is 0 Å². The van der Waals surface area contributed by atoms with Crippen molar-refractivity contribution < 1.29 is 24.9 Å². The molecule has 1 aliphatic heterocycles. The van der Waals surface area contributed by atoms with Gasteiger partial charge < -0.3 is 25.4 Å². The Hall–Kier alpha value is -0.530. The number of aliphatic hydroxyl groups is 3. The fourth-order valence-electron chi connectivity index (χ4n) is 2.17. The van der Waals surface area contributed by atoms with Gasteiger partial charge in [0.1, 0.15) is 24.4 Å². The molecule has 4 N–H and O–H groups in total. The van der Waals surface area contributed by atoms with Crippen LogP contribution in [0.25, 0.3) is 0 Å². The molecule has 1 fully saturated rings. The van der Waals surface area contributed by atoms with Gasteiger partial charge in [-0.2, -0.15) is 0 Å². The summed E-state index contributed by atoms with van der Waals surface area (Å²) in [7, 11) is 0. The van der Waals surface area contributed by atoms with Crippen molar-refractivity contribution in [3.63, 3.8) is 0 Å². The first-order valence-corrected chi connectivity index (χ1v) is 7.33. The summed E-state index contributed by atoms with van der Waals surface area (Å²) < 4.78 is 5.59. The van der Waals surface area contributed by atoms with E-state index in [1.54, 1.807) is 20.8 Å². The Balaban J connectivity index is 0.00000441. The van der Waals surface area contributed by atoms with Gasteiger partial charge in [0.2, 0.25) is 0 Å². The zero-order valence-corrected chi connectivity index (χ0v) is 13.8. The predicted molar refractivity (Wildman–Crippen MR) is 85.6 cm³/mol. The molecule has 132 valence electrons. The van der Waals surface area contributed by atoms with E-state index in [1.807, 2.05) is 20.8 Å². The second kappa shape index (κ2) is 7.36. The maximum atomic E-state index is 12.3. The standard InChI is InChI=1S/C15H29NO5.CH4/c1-14(2,3)13(20)12-11(19)10(18)9(17)8(21-12)7-16-15(4,5)6;/h8-12,16-19H,7H2,1-6H3;1H4. The lowest BCUT2D eigenvalue weighted by molar-refractivity contribution is -0.221. The van der Waals surface area contributed by atoms with Crippen LogP contribution in [0.5, 0.6) is 0 Å². The van der Waals surface area contributed by atoms with E-state index in [0.717, 1.165) is 0 Å². The summed E-state index contributed by atoms with van der Waals surface area (Å²) in [5, 5.41) is 33.2. The molecule has 1 saturated heterocycles. The van der Waals surface area contributed by atoms with Gasteiger partial charge in [0, 0.05) is 17.5 Å². The normalized spacial score (nSPS) is 33.2. The molecule has 0 aromatic carbocycles. The number of carbonyl (C=O) groups is 1. The van der Waals surface area contributed by atoms with Crippen molar-refractivity contribution in [1.29, 1.82) is 0 Å². The maximum Gasteiger partial charge on any atom is 0.169 e. The number of carbonyl (C=O) groups excluding carboxylic acids is 1. The Morgan fingerprint density at radius 3 is 1.91 bits per heavy atom. The predicted octanol–water partition coefficient (Wildman–Crippen LogP) is 0.476. The van der Waals surface area contributed by atoms with Crippen molar-refractivity contribution in [2.45, 2.75) is 85.0 Å². The fourth-order valence-corrected chi connectivity index (χ4v) is 2.17. The first kappa shape index (κ1) is 21.5. The Morgan fingerprint density at radius 1 is 1.00 bits per heavy atom. The van der Waals surface area contributed by atoms with Gasteiger partial charge in [-0.1, -0.05) is 28.2 Å². The van der Waals surface area contributed by atoms with E-state index >= 15 is 0 Å². The highest BCUT2D eigenvalue weighted by Crippen LogP contribution is 2.27. The highest BCUT2D eigenvalue weighted by molar-refractivity contribution is 5.88. The monoisotopic (exact) mass is 319 g/mol. The fraction of sp³-hybridized carbons (Fsp3) is 0.938. The van der Waals surface area contributed by atoms with E-state index in [1.165, 1.54) is 0 Å². The molecule has 1 aliphatic rings. The second-order valence-corrected chi connectivity index (χ2v) is 7.81. The lowest BCUT2D eigenvalue weighted by atomic mass is 9.82. The Bertz CT molecular complexity index is 372. The average molecular weight is 319 g/mol. The van der Waals surface area contributed by atoms with Crippen molar-refractivity contribution in [2.24, 2.45) is 5.41 Å². The summed E-state index contributed by atoms with van der Waals surface area (Å²) in [5.74, 6) is -0.290. The van der Waals surface area contributed by atoms with Crippen LogP contribution >= 0.6 is 0 Å². The molecule has 6 nitrogen and oxygen atoms in total. The number of ether oxygens (including phenoxy) is 1. The second-order valence-electron chi connectivity index (χ2n) is 7.81. The summed E-state index contributed by atoms with van der Waals surface area (Å²) in [6, 6.07) is 0. The van der Waals surface area contributed by atoms with Crippen molar-refractivity contribution in [1.82, 2.24) is 5.32 Å². The molecule has 22 heavy (non-hydrogen) atoms. The molecule has 1 heterocycles. The van der Waals surface area contributed by atoms with Crippen LogP contribution in [0, 0.1) is 5.41 Å². The van der Waals surface area contributed by atoms with Crippen LogP contribution in [0.2, 0.25) is 0 Å². The molecule has 6 heteroatoms. The minimum Gasteiger partial charge on any atom is -0.388 e. The molecule has 0 amide bonds. The average Bonchev–Trinajstić information content (AvgIpc) is 2.32. The third-order valence-corrected chi connectivity index (χ3v) is 3.54. The van der Waals surface area contributed by atoms with Crippen LogP contribution < -0.4 is 5.32 Å². The van der Waals surface area contributed by atoms with Gasteiger partial charge in [0.15, 0.2) is 5.78 Å². The molecule has 0 aromatic rings. The Kier molecular flexibility index (Phi) is 7.18. The van der Waals surface area contributed by atoms with E-state index in [4.69, 9.17) is 4.74 Å². The zero-order valence-electron chi connectivity index (χ0n) is 13.8.